The Morgan fingerprint density at radius 1 is 1.44 bits per heavy atom. The minimum absolute atomic E-state index is 0.590. The van der Waals surface area contributed by atoms with Crippen LogP contribution in [0, 0.1) is 0 Å². The van der Waals surface area contributed by atoms with Gasteiger partial charge in [0.05, 0.1) is 0 Å². The standard InChI is InChI=1S/C12H15NO2S/c14-11(15)12(7-4-8-13-12)9-16-10-5-2-1-3-6-10/h1-3,5-6,13H,4,7-9H2,(H,14,15). The zero-order chi connectivity index (χ0) is 11.4. The van der Waals surface area contributed by atoms with Crippen molar-refractivity contribution in [1.29, 1.82) is 0 Å². The molecule has 0 bridgehead atoms. The van der Waals surface area contributed by atoms with E-state index in [0.29, 0.717) is 5.75 Å². The Hall–Kier alpha value is -1.00. The Balaban J connectivity index is 2.00. The highest BCUT2D eigenvalue weighted by atomic mass is 32.2. The first-order chi connectivity index (χ1) is 7.73. The molecule has 4 heteroatoms. The Labute approximate surface area is 99.2 Å². The molecule has 1 aromatic rings. The van der Waals surface area contributed by atoms with Gasteiger partial charge in [0.25, 0.3) is 0 Å². The molecule has 1 aliphatic rings. The second-order valence-electron chi connectivity index (χ2n) is 4.02. The third-order valence-electron chi connectivity index (χ3n) is 2.88. The Morgan fingerprint density at radius 2 is 2.19 bits per heavy atom. The van der Waals surface area contributed by atoms with Gasteiger partial charge in [0.1, 0.15) is 5.54 Å². The number of aliphatic carboxylic acids is 1. The van der Waals surface area contributed by atoms with Crippen molar-refractivity contribution in [3.63, 3.8) is 0 Å². The largest absolute Gasteiger partial charge is 0.480 e. The van der Waals surface area contributed by atoms with Crippen molar-refractivity contribution >= 4 is 17.7 Å². The van der Waals surface area contributed by atoms with Crippen LogP contribution in [-0.4, -0.2) is 28.9 Å². The summed E-state index contributed by atoms with van der Waals surface area (Å²) in [6.07, 6.45) is 1.67. The summed E-state index contributed by atoms with van der Waals surface area (Å²) in [7, 11) is 0. The Morgan fingerprint density at radius 3 is 2.75 bits per heavy atom. The molecule has 3 nitrogen and oxygen atoms in total. The van der Waals surface area contributed by atoms with E-state index in [1.54, 1.807) is 11.8 Å². The van der Waals surface area contributed by atoms with Gasteiger partial charge in [-0.1, -0.05) is 18.2 Å². The molecule has 0 saturated carbocycles. The normalized spacial score (nSPS) is 24.5. The number of thioether (sulfide) groups is 1. The van der Waals surface area contributed by atoms with Gasteiger partial charge in [-0.2, -0.15) is 0 Å². The first-order valence-electron chi connectivity index (χ1n) is 5.39. The van der Waals surface area contributed by atoms with Crippen LogP contribution in [0.5, 0.6) is 0 Å². The van der Waals surface area contributed by atoms with Gasteiger partial charge in [-0.05, 0) is 31.5 Å². The van der Waals surface area contributed by atoms with Crippen LogP contribution in [0.15, 0.2) is 35.2 Å². The Bertz CT molecular complexity index is 361. The Kier molecular flexibility index (Phi) is 3.51. The monoisotopic (exact) mass is 237 g/mol. The van der Waals surface area contributed by atoms with Crippen LogP contribution in [0.4, 0.5) is 0 Å². The van der Waals surface area contributed by atoms with Crippen LogP contribution >= 0.6 is 11.8 Å². The van der Waals surface area contributed by atoms with E-state index in [-0.39, 0.29) is 0 Å². The molecule has 86 valence electrons. The van der Waals surface area contributed by atoms with E-state index in [0.717, 1.165) is 24.3 Å². The van der Waals surface area contributed by atoms with E-state index in [1.807, 2.05) is 30.3 Å². The summed E-state index contributed by atoms with van der Waals surface area (Å²) in [6.45, 7) is 0.807. The van der Waals surface area contributed by atoms with Gasteiger partial charge in [0.2, 0.25) is 0 Å². The number of carboxylic acid groups (broad SMARTS) is 1. The van der Waals surface area contributed by atoms with Crippen LogP contribution in [0.3, 0.4) is 0 Å². The van der Waals surface area contributed by atoms with E-state index in [9.17, 15) is 9.90 Å². The highest BCUT2D eigenvalue weighted by Gasteiger charge is 2.40. The van der Waals surface area contributed by atoms with Crippen LogP contribution in [0.1, 0.15) is 12.8 Å². The van der Waals surface area contributed by atoms with E-state index in [2.05, 4.69) is 5.32 Å². The van der Waals surface area contributed by atoms with Gasteiger partial charge >= 0.3 is 5.97 Å². The van der Waals surface area contributed by atoms with Crippen molar-refractivity contribution in [2.45, 2.75) is 23.3 Å². The zero-order valence-corrected chi connectivity index (χ0v) is 9.80. The van der Waals surface area contributed by atoms with Gasteiger partial charge in [-0.3, -0.25) is 4.79 Å². The third kappa shape index (κ3) is 2.39. The minimum Gasteiger partial charge on any atom is -0.480 e. The average Bonchev–Trinajstić information content (AvgIpc) is 2.78. The molecule has 2 rings (SSSR count). The molecule has 1 fully saturated rings. The number of hydrogen-bond donors (Lipinski definition) is 2. The van der Waals surface area contributed by atoms with Gasteiger partial charge < -0.3 is 10.4 Å². The van der Waals surface area contributed by atoms with Crippen molar-refractivity contribution in [2.75, 3.05) is 12.3 Å². The lowest BCUT2D eigenvalue weighted by molar-refractivity contribution is -0.143. The second kappa shape index (κ2) is 4.89. The van der Waals surface area contributed by atoms with Gasteiger partial charge in [-0.15, -0.1) is 11.8 Å². The molecule has 1 heterocycles. The van der Waals surface area contributed by atoms with Crippen LogP contribution in [0.2, 0.25) is 0 Å². The minimum atomic E-state index is -0.728. The summed E-state index contributed by atoms with van der Waals surface area (Å²) in [5.74, 6) is -0.139. The number of nitrogens with one attached hydrogen (secondary N) is 1. The fourth-order valence-corrected chi connectivity index (χ4v) is 3.03. The smallest absolute Gasteiger partial charge is 0.324 e. The fraction of sp³-hybridized carbons (Fsp3) is 0.417. The maximum absolute atomic E-state index is 11.3. The van der Waals surface area contributed by atoms with Crippen LogP contribution < -0.4 is 5.32 Å². The summed E-state index contributed by atoms with van der Waals surface area (Å²) >= 11 is 1.60. The van der Waals surface area contributed by atoms with E-state index >= 15 is 0 Å². The molecule has 1 aliphatic heterocycles. The van der Waals surface area contributed by atoms with Crippen molar-refractivity contribution < 1.29 is 9.90 Å². The second-order valence-corrected chi connectivity index (χ2v) is 5.07. The maximum atomic E-state index is 11.3. The predicted octanol–water partition coefficient (Wildman–Crippen LogP) is 1.99. The summed E-state index contributed by atoms with van der Waals surface area (Å²) in [4.78, 5) is 12.4. The lowest BCUT2D eigenvalue weighted by Crippen LogP contribution is -2.49. The van der Waals surface area contributed by atoms with E-state index in [4.69, 9.17) is 0 Å². The number of carbonyl (C=O) groups is 1. The fourth-order valence-electron chi connectivity index (χ4n) is 1.90. The molecule has 0 radical (unpaired) electrons. The lowest BCUT2D eigenvalue weighted by atomic mass is 10.0. The first kappa shape index (κ1) is 11.5. The van der Waals surface area contributed by atoms with E-state index in [1.165, 1.54) is 0 Å². The predicted molar refractivity (Wildman–Crippen MR) is 64.8 cm³/mol. The average molecular weight is 237 g/mol. The van der Waals surface area contributed by atoms with Crippen molar-refractivity contribution in [3.8, 4) is 0 Å². The first-order valence-corrected chi connectivity index (χ1v) is 6.38. The highest BCUT2D eigenvalue weighted by Crippen LogP contribution is 2.28. The topological polar surface area (TPSA) is 49.3 Å². The van der Waals surface area contributed by atoms with Gasteiger partial charge in [-0.25, -0.2) is 0 Å². The summed E-state index contributed by atoms with van der Waals surface area (Å²) < 4.78 is 0. The number of rotatable bonds is 4. The van der Waals surface area contributed by atoms with Gasteiger partial charge in [0, 0.05) is 10.6 Å². The van der Waals surface area contributed by atoms with Crippen molar-refractivity contribution in [2.24, 2.45) is 0 Å². The number of hydrogen-bond acceptors (Lipinski definition) is 3. The molecule has 1 aromatic carbocycles. The van der Waals surface area contributed by atoms with Crippen molar-refractivity contribution in [1.82, 2.24) is 5.32 Å². The lowest BCUT2D eigenvalue weighted by Gasteiger charge is -2.23. The van der Waals surface area contributed by atoms with Crippen LogP contribution in [-0.2, 0) is 4.79 Å². The molecule has 0 aliphatic carbocycles. The number of carboxylic acids is 1. The van der Waals surface area contributed by atoms with E-state index < -0.39 is 11.5 Å². The molecule has 1 unspecified atom stereocenters. The highest BCUT2D eigenvalue weighted by molar-refractivity contribution is 7.99. The molecule has 1 saturated heterocycles. The van der Waals surface area contributed by atoms with Gasteiger partial charge in [0.15, 0.2) is 0 Å². The quantitative estimate of drug-likeness (QED) is 0.786. The van der Waals surface area contributed by atoms with Crippen LogP contribution in [0.25, 0.3) is 0 Å². The molecule has 2 N–H and O–H groups in total. The summed E-state index contributed by atoms with van der Waals surface area (Å²) in [6, 6.07) is 9.92. The molecule has 0 amide bonds. The molecule has 0 aromatic heterocycles. The molecule has 1 atom stereocenters. The molecular formula is C12H15NO2S. The third-order valence-corrected chi connectivity index (χ3v) is 4.12. The molecule has 0 spiro atoms. The summed E-state index contributed by atoms with van der Waals surface area (Å²) in [5.41, 5.74) is -0.722. The SMILES string of the molecule is O=C(O)C1(CSc2ccccc2)CCCN1. The zero-order valence-electron chi connectivity index (χ0n) is 8.98. The molecular weight excluding hydrogens is 222 g/mol. The molecule has 16 heavy (non-hydrogen) atoms. The summed E-state index contributed by atoms with van der Waals surface area (Å²) in [5, 5.41) is 12.4. The van der Waals surface area contributed by atoms with Crippen molar-refractivity contribution in [3.05, 3.63) is 30.3 Å². The number of benzene rings is 1. The maximum Gasteiger partial charge on any atom is 0.324 e.